The maximum absolute atomic E-state index is 12.5. The Morgan fingerprint density at radius 1 is 1.08 bits per heavy atom. The maximum Gasteiger partial charge on any atom is 0.355 e. The van der Waals surface area contributed by atoms with Crippen LogP contribution in [0.4, 0.5) is 5.69 Å². The van der Waals surface area contributed by atoms with Crippen molar-refractivity contribution in [2.75, 3.05) is 19.1 Å². The van der Waals surface area contributed by atoms with Crippen molar-refractivity contribution in [1.29, 1.82) is 0 Å². The minimum atomic E-state index is -0.705. The van der Waals surface area contributed by atoms with Crippen LogP contribution in [0.15, 0.2) is 71.0 Å². The van der Waals surface area contributed by atoms with E-state index in [0.29, 0.717) is 11.1 Å². The number of nitrogens with zero attached hydrogens (tertiary/aromatic N) is 1. The molecule has 0 fully saturated rings. The normalized spacial score (nSPS) is 13.7. The van der Waals surface area contributed by atoms with E-state index < -0.39 is 11.9 Å². The summed E-state index contributed by atoms with van der Waals surface area (Å²) in [6, 6.07) is 6.80. The first-order valence-corrected chi connectivity index (χ1v) is 7.73. The van der Waals surface area contributed by atoms with Gasteiger partial charge in [0.1, 0.15) is 5.70 Å². The quantitative estimate of drug-likeness (QED) is 0.850. The standard InChI is InChI=1S/C19H16N2O5/c1-25-18(23)13-7-3-4-9-21(17(13)19(24)26-2)15-8-5-6-12-11-20-16(22)10-14(12)15/h3-11H,1-2H3,(H,20,22). The average Bonchev–Trinajstić information content (AvgIpc) is 2.89. The van der Waals surface area contributed by atoms with Gasteiger partial charge in [0.15, 0.2) is 0 Å². The zero-order valence-corrected chi connectivity index (χ0v) is 14.2. The number of aromatic amines is 1. The Morgan fingerprint density at radius 2 is 1.85 bits per heavy atom. The fourth-order valence-corrected chi connectivity index (χ4v) is 2.74. The number of ether oxygens (including phenoxy) is 2. The summed E-state index contributed by atoms with van der Waals surface area (Å²) < 4.78 is 9.67. The third kappa shape index (κ3) is 3.02. The van der Waals surface area contributed by atoms with Gasteiger partial charge in [-0.3, -0.25) is 4.79 Å². The third-order valence-electron chi connectivity index (χ3n) is 3.91. The summed E-state index contributed by atoms with van der Waals surface area (Å²) in [6.07, 6.45) is 7.98. The van der Waals surface area contributed by atoms with E-state index in [1.54, 1.807) is 36.7 Å². The van der Waals surface area contributed by atoms with E-state index in [4.69, 9.17) is 9.47 Å². The average molecular weight is 352 g/mol. The molecule has 1 aliphatic rings. The molecule has 0 unspecified atom stereocenters. The molecule has 0 bridgehead atoms. The summed E-state index contributed by atoms with van der Waals surface area (Å²) in [5.74, 6) is -1.38. The molecule has 3 rings (SSSR count). The highest BCUT2D eigenvalue weighted by molar-refractivity contribution is 6.07. The van der Waals surface area contributed by atoms with Crippen LogP contribution < -0.4 is 10.5 Å². The molecule has 1 aromatic carbocycles. The van der Waals surface area contributed by atoms with Crippen LogP contribution in [0.2, 0.25) is 0 Å². The second kappa shape index (κ2) is 7.10. The first-order valence-electron chi connectivity index (χ1n) is 7.73. The molecule has 0 amide bonds. The van der Waals surface area contributed by atoms with Crippen molar-refractivity contribution in [2.45, 2.75) is 0 Å². The van der Waals surface area contributed by atoms with Gasteiger partial charge in [-0.25, -0.2) is 9.59 Å². The number of methoxy groups -OCH3 is 2. The van der Waals surface area contributed by atoms with Crippen molar-refractivity contribution in [3.63, 3.8) is 0 Å². The molecule has 7 heteroatoms. The molecule has 7 nitrogen and oxygen atoms in total. The first-order chi connectivity index (χ1) is 12.6. The Labute approximate surface area is 148 Å². The maximum atomic E-state index is 12.5. The Morgan fingerprint density at radius 3 is 2.58 bits per heavy atom. The number of allylic oxidation sites excluding steroid dienone is 2. The fourth-order valence-electron chi connectivity index (χ4n) is 2.74. The molecule has 1 aliphatic heterocycles. The lowest BCUT2D eigenvalue weighted by Crippen LogP contribution is -2.27. The summed E-state index contributed by atoms with van der Waals surface area (Å²) in [6.45, 7) is 0. The van der Waals surface area contributed by atoms with Crippen molar-refractivity contribution < 1.29 is 19.1 Å². The predicted molar refractivity (Wildman–Crippen MR) is 96.4 cm³/mol. The van der Waals surface area contributed by atoms with E-state index in [0.717, 1.165) is 5.39 Å². The predicted octanol–water partition coefficient (Wildman–Crippen LogP) is 2.02. The van der Waals surface area contributed by atoms with Gasteiger partial charge in [0.2, 0.25) is 5.56 Å². The summed E-state index contributed by atoms with van der Waals surface area (Å²) >= 11 is 0. The monoisotopic (exact) mass is 352 g/mol. The largest absolute Gasteiger partial charge is 0.465 e. The third-order valence-corrected chi connectivity index (χ3v) is 3.91. The minimum absolute atomic E-state index is 0.00266. The topological polar surface area (TPSA) is 88.7 Å². The lowest BCUT2D eigenvalue weighted by Gasteiger charge is -2.24. The van der Waals surface area contributed by atoms with Crippen molar-refractivity contribution in [2.24, 2.45) is 0 Å². The molecule has 0 saturated heterocycles. The molecular formula is C19H16N2O5. The van der Waals surface area contributed by atoms with Crippen LogP contribution in [-0.2, 0) is 19.1 Å². The van der Waals surface area contributed by atoms with Crippen LogP contribution in [0.1, 0.15) is 0 Å². The molecule has 0 atom stereocenters. The van der Waals surface area contributed by atoms with Gasteiger partial charge in [0.05, 0.1) is 25.5 Å². The Bertz CT molecular complexity index is 1030. The number of esters is 2. The Hall–Kier alpha value is -3.61. The van der Waals surface area contributed by atoms with Crippen LogP contribution in [0.5, 0.6) is 0 Å². The molecule has 0 spiro atoms. The van der Waals surface area contributed by atoms with Gasteiger partial charge in [-0.2, -0.15) is 0 Å². The summed E-state index contributed by atoms with van der Waals surface area (Å²) in [4.78, 5) is 40.6. The number of aromatic nitrogens is 1. The molecule has 26 heavy (non-hydrogen) atoms. The van der Waals surface area contributed by atoms with E-state index in [2.05, 4.69) is 4.98 Å². The van der Waals surface area contributed by atoms with Crippen LogP contribution in [-0.4, -0.2) is 31.1 Å². The van der Waals surface area contributed by atoms with Gasteiger partial charge in [0, 0.05) is 29.2 Å². The Balaban J connectivity index is 2.31. The van der Waals surface area contributed by atoms with E-state index in [1.165, 1.54) is 31.3 Å². The van der Waals surface area contributed by atoms with Gasteiger partial charge >= 0.3 is 11.9 Å². The zero-order valence-electron chi connectivity index (χ0n) is 14.2. The number of anilines is 1. The number of benzene rings is 1. The lowest BCUT2D eigenvalue weighted by molar-refractivity contribution is -0.139. The summed E-state index contributed by atoms with van der Waals surface area (Å²) in [5, 5.41) is 1.39. The number of H-pyrrole nitrogens is 1. The Kier molecular flexibility index (Phi) is 4.70. The highest BCUT2D eigenvalue weighted by Gasteiger charge is 2.28. The van der Waals surface area contributed by atoms with Crippen LogP contribution in [0.3, 0.4) is 0 Å². The SMILES string of the molecule is COC(=O)C1=C(C(=O)OC)N(c2cccc3c[nH]c(=O)cc23)C=CC=C1. The summed E-state index contributed by atoms with van der Waals surface area (Å²) in [7, 11) is 2.47. The van der Waals surface area contributed by atoms with E-state index >= 15 is 0 Å². The molecule has 0 saturated carbocycles. The van der Waals surface area contributed by atoms with Crippen LogP contribution in [0.25, 0.3) is 10.8 Å². The van der Waals surface area contributed by atoms with E-state index in [1.807, 2.05) is 6.07 Å². The van der Waals surface area contributed by atoms with Gasteiger partial charge < -0.3 is 19.4 Å². The number of nitrogens with one attached hydrogen (secondary N) is 1. The second-order valence-corrected chi connectivity index (χ2v) is 5.39. The van der Waals surface area contributed by atoms with Gasteiger partial charge in [-0.1, -0.05) is 18.2 Å². The van der Waals surface area contributed by atoms with Crippen molar-refractivity contribution in [3.8, 4) is 0 Å². The molecule has 1 N–H and O–H groups in total. The fraction of sp³-hybridized carbons (Fsp3) is 0.105. The smallest absolute Gasteiger partial charge is 0.355 e. The zero-order chi connectivity index (χ0) is 18.7. The van der Waals surface area contributed by atoms with E-state index in [-0.39, 0.29) is 16.8 Å². The summed E-state index contributed by atoms with van der Waals surface area (Å²) in [5.41, 5.74) is 0.317. The van der Waals surface area contributed by atoms with Crippen molar-refractivity contribution in [3.05, 3.63) is 76.5 Å². The second-order valence-electron chi connectivity index (χ2n) is 5.39. The van der Waals surface area contributed by atoms with Gasteiger partial charge in [-0.05, 0) is 18.2 Å². The van der Waals surface area contributed by atoms with Crippen LogP contribution >= 0.6 is 0 Å². The van der Waals surface area contributed by atoms with Crippen molar-refractivity contribution >= 4 is 28.4 Å². The highest BCUT2D eigenvalue weighted by atomic mass is 16.5. The molecule has 1 aromatic heterocycles. The minimum Gasteiger partial charge on any atom is -0.465 e. The molecule has 0 aliphatic carbocycles. The number of carbonyl (C=O) groups is 2. The highest BCUT2D eigenvalue weighted by Crippen LogP contribution is 2.31. The van der Waals surface area contributed by atoms with Gasteiger partial charge in [0.25, 0.3) is 0 Å². The van der Waals surface area contributed by atoms with Crippen LogP contribution in [0, 0.1) is 0 Å². The number of hydrogen-bond acceptors (Lipinski definition) is 6. The number of hydrogen-bond donors (Lipinski definition) is 1. The molecule has 132 valence electrons. The number of rotatable bonds is 3. The number of fused-ring (bicyclic) bond motifs is 1. The molecule has 0 radical (unpaired) electrons. The van der Waals surface area contributed by atoms with Gasteiger partial charge in [-0.15, -0.1) is 0 Å². The number of pyridine rings is 1. The van der Waals surface area contributed by atoms with E-state index in [9.17, 15) is 14.4 Å². The number of carbonyl (C=O) groups excluding carboxylic acids is 2. The molecular weight excluding hydrogens is 336 g/mol. The molecule has 2 heterocycles. The first kappa shape index (κ1) is 17.2. The lowest BCUT2D eigenvalue weighted by atomic mass is 10.1. The van der Waals surface area contributed by atoms with Crippen molar-refractivity contribution in [1.82, 2.24) is 4.98 Å². The molecule has 2 aromatic rings.